The van der Waals surface area contributed by atoms with Crippen LogP contribution in [0.25, 0.3) is 6.08 Å². The highest BCUT2D eigenvalue weighted by Gasteiger charge is 2.11. The number of hydrazone groups is 1. The van der Waals surface area contributed by atoms with Crippen molar-refractivity contribution in [3.05, 3.63) is 76.8 Å². The SMILES string of the molecule is C[C@@H](CN(C)C)C(/C=C/c1ccc(Cl)cc1)=N/NC(=O)c1ccccc1. The van der Waals surface area contributed by atoms with Crippen molar-refractivity contribution in [2.45, 2.75) is 6.92 Å². The Labute approximate surface area is 160 Å². The molecule has 26 heavy (non-hydrogen) atoms. The number of nitrogens with one attached hydrogen (secondary N) is 1. The third-order valence-corrected chi connectivity index (χ3v) is 4.03. The van der Waals surface area contributed by atoms with E-state index in [0.717, 1.165) is 17.8 Å². The number of hydrogen-bond donors (Lipinski definition) is 1. The van der Waals surface area contributed by atoms with Crippen molar-refractivity contribution in [2.75, 3.05) is 20.6 Å². The summed E-state index contributed by atoms with van der Waals surface area (Å²) in [6, 6.07) is 16.6. The molecular weight excluding hydrogens is 346 g/mol. The molecule has 1 atom stereocenters. The van der Waals surface area contributed by atoms with Gasteiger partial charge < -0.3 is 4.90 Å². The summed E-state index contributed by atoms with van der Waals surface area (Å²) in [5, 5.41) is 5.06. The van der Waals surface area contributed by atoms with E-state index in [1.54, 1.807) is 12.1 Å². The summed E-state index contributed by atoms with van der Waals surface area (Å²) in [5.74, 6) is -0.0651. The maximum Gasteiger partial charge on any atom is 0.271 e. The van der Waals surface area contributed by atoms with Crippen LogP contribution in [0.15, 0.2) is 65.8 Å². The summed E-state index contributed by atoms with van der Waals surface area (Å²) in [7, 11) is 4.03. The van der Waals surface area contributed by atoms with Crippen molar-refractivity contribution in [2.24, 2.45) is 11.0 Å². The maximum atomic E-state index is 12.2. The Kier molecular flexibility index (Phi) is 7.57. The third-order valence-electron chi connectivity index (χ3n) is 3.78. The zero-order chi connectivity index (χ0) is 18.9. The zero-order valence-corrected chi connectivity index (χ0v) is 16.1. The van der Waals surface area contributed by atoms with Crippen LogP contribution in [-0.4, -0.2) is 37.2 Å². The minimum Gasteiger partial charge on any atom is -0.309 e. The number of amides is 1. The molecular formula is C21H24ClN3O. The van der Waals surface area contributed by atoms with Gasteiger partial charge in [0.05, 0.1) is 5.71 Å². The summed E-state index contributed by atoms with van der Waals surface area (Å²) < 4.78 is 0. The van der Waals surface area contributed by atoms with E-state index in [-0.39, 0.29) is 11.8 Å². The number of allylic oxidation sites excluding steroid dienone is 1. The van der Waals surface area contributed by atoms with Gasteiger partial charge in [-0.15, -0.1) is 0 Å². The van der Waals surface area contributed by atoms with Gasteiger partial charge in [0.2, 0.25) is 0 Å². The lowest BCUT2D eigenvalue weighted by atomic mass is 10.0. The lowest BCUT2D eigenvalue weighted by molar-refractivity contribution is 0.0954. The van der Waals surface area contributed by atoms with E-state index in [1.165, 1.54) is 0 Å². The Bertz CT molecular complexity index is 768. The van der Waals surface area contributed by atoms with Crippen LogP contribution in [0.5, 0.6) is 0 Å². The summed E-state index contributed by atoms with van der Waals surface area (Å²) in [6.07, 6.45) is 3.90. The second kappa shape index (κ2) is 9.90. The molecule has 0 bridgehead atoms. The van der Waals surface area contributed by atoms with E-state index in [9.17, 15) is 4.79 Å². The van der Waals surface area contributed by atoms with E-state index in [1.807, 2.05) is 68.7 Å². The molecule has 2 rings (SSSR count). The molecule has 5 heteroatoms. The van der Waals surface area contributed by atoms with Crippen LogP contribution in [0.3, 0.4) is 0 Å². The highest BCUT2D eigenvalue weighted by Crippen LogP contribution is 2.12. The molecule has 0 aromatic heterocycles. The Balaban J connectivity index is 2.16. The summed E-state index contributed by atoms with van der Waals surface area (Å²) >= 11 is 5.92. The van der Waals surface area contributed by atoms with Crippen LogP contribution in [0.4, 0.5) is 0 Å². The Morgan fingerprint density at radius 3 is 2.42 bits per heavy atom. The molecule has 0 aliphatic carbocycles. The molecule has 0 saturated carbocycles. The number of benzene rings is 2. The van der Waals surface area contributed by atoms with Crippen LogP contribution >= 0.6 is 11.6 Å². The lowest BCUT2D eigenvalue weighted by Gasteiger charge is -2.17. The molecule has 2 aromatic carbocycles. The van der Waals surface area contributed by atoms with Crippen molar-refractivity contribution >= 4 is 29.3 Å². The molecule has 1 amide bonds. The van der Waals surface area contributed by atoms with Crippen molar-refractivity contribution in [1.29, 1.82) is 0 Å². The van der Waals surface area contributed by atoms with Crippen molar-refractivity contribution < 1.29 is 4.79 Å². The second-order valence-electron chi connectivity index (χ2n) is 6.39. The van der Waals surface area contributed by atoms with Crippen LogP contribution in [0.2, 0.25) is 5.02 Å². The first kappa shape index (κ1) is 19.9. The predicted molar refractivity (Wildman–Crippen MR) is 110 cm³/mol. The fourth-order valence-electron chi connectivity index (χ4n) is 2.48. The molecule has 136 valence electrons. The van der Waals surface area contributed by atoms with E-state index < -0.39 is 0 Å². The number of carbonyl (C=O) groups is 1. The third kappa shape index (κ3) is 6.47. The molecule has 0 heterocycles. The van der Waals surface area contributed by atoms with Gasteiger partial charge in [0.25, 0.3) is 5.91 Å². The fraction of sp³-hybridized carbons (Fsp3) is 0.238. The molecule has 0 aliphatic rings. The van der Waals surface area contributed by atoms with Gasteiger partial charge >= 0.3 is 0 Å². The average Bonchev–Trinajstić information content (AvgIpc) is 2.63. The standard InChI is InChI=1S/C21H24ClN3O/c1-16(15-25(2)3)20(14-11-17-9-12-19(22)13-10-17)23-24-21(26)18-7-5-4-6-8-18/h4-14,16H,15H2,1-3H3,(H,24,26)/b14-11+,23-20+/t16-/m0/s1. The Hall–Kier alpha value is -2.43. The highest BCUT2D eigenvalue weighted by molar-refractivity contribution is 6.30. The minimum absolute atomic E-state index is 0.157. The monoisotopic (exact) mass is 369 g/mol. The largest absolute Gasteiger partial charge is 0.309 e. The quantitative estimate of drug-likeness (QED) is 0.583. The van der Waals surface area contributed by atoms with Crippen LogP contribution < -0.4 is 5.43 Å². The van der Waals surface area contributed by atoms with Gasteiger partial charge in [-0.3, -0.25) is 4.79 Å². The smallest absolute Gasteiger partial charge is 0.271 e. The van der Waals surface area contributed by atoms with Gasteiger partial charge in [-0.25, -0.2) is 5.43 Å². The van der Waals surface area contributed by atoms with Gasteiger partial charge in [0, 0.05) is 23.0 Å². The molecule has 2 aromatic rings. The average molecular weight is 370 g/mol. The molecule has 0 unspecified atom stereocenters. The lowest BCUT2D eigenvalue weighted by Crippen LogP contribution is -2.27. The van der Waals surface area contributed by atoms with Gasteiger partial charge in [-0.2, -0.15) is 5.10 Å². The van der Waals surface area contributed by atoms with Gasteiger partial charge in [0.15, 0.2) is 0 Å². The highest BCUT2D eigenvalue weighted by atomic mass is 35.5. The summed E-state index contributed by atoms with van der Waals surface area (Å²) in [5.41, 5.74) is 5.06. The predicted octanol–water partition coefficient (Wildman–Crippen LogP) is 4.34. The molecule has 1 N–H and O–H groups in total. The number of carbonyl (C=O) groups excluding carboxylic acids is 1. The van der Waals surface area contributed by atoms with Gasteiger partial charge in [0.1, 0.15) is 0 Å². The summed E-state index contributed by atoms with van der Waals surface area (Å²) in [4.78, 5) is 14.3. The van der Waals surface area contributed by atoms with E-state index in [0.29, 0.717) is 10.6 Å². The summed E-state index contributed by atoms with van der Waals surface area (Å²) in [6.45, 7) is 2.91. The van der Waals surface area contributed by atoms with Crippen molar-refractivity contribution in [1.82, 2.24) is 10.3 Å². The minimum atomic E-state index is -0.222. The fourth-order valence-corrected chi connectivity index (χ4v) is 2.60. The van der Waals surface area contributed by atoms with Crippen LogP contribution in [0, 0.1) is 5.92 Å². The van der Waals surface area contributed by atoms with Crippen LogP contribution in [-0.2, 0) is 0 Å². The second-order valence-corrected chi connectivity index (χ2v) is 6.83. The molecule has 4 nitrogen and oxygen atoms in total. The van der Waals surface area contributed by atoms with Crippen molar-refractivity contribution in [3.63, 3.8) is 0 Å². The van der Waals surface area contributed by atoms with Crippen LogP contribution in [0.1, 0.15) is 22.8 Å². The first-order valence-electron chi connectivity index (χ1n) is 8.47. The molecule has 0 fully saturated rings. The number of nitrogens with zero attached hydrogens (tertiary/aromatic N) is 2. The van der Waals surface area contributed by atoms with Gasteiger partial charge in [-0.05, 0) is 50.0 Å². The molecule has 0 saturated heterocycles. The zero-order valence-electron chi connectivity index (χ0n) is 15.3. The first-order chi connectivity index (χ1) is 12.5. The molecule has 0 spiro atoms. The normalized spacial score (nSPS) is 13.2. The Morgan fingerprint density at radius 1 is 1.15 bits per heavy atom. The van der Waals surface area contributed by atoms with E-state index >= 15 is 0 Å². The van der Waals surface area contributed by atoms with Gasteiger partial charge in [-0.1, -0.05) is 54.9 Å². The number of hydrogen-bond acceptors (Lipinski definition) is 3. The Morgan fingerprint density at radius 2 is 1.81 bits per heavy atom. The van der Waals surface area contributed by atoms with E-state index in [2.05, 4.69) is 22.4 Å². The first-order valence-corrected chi connectivity index (χ1v) is 8.85. The molecule has 0 aliphatic heterocycles. The van der Waals surface area contributed by atoms with Crippen molar-refractivity contribution in [3.8, 4) is 0 Å². The topological polar surface area (TPSA) is 44.7 Å². The number of halogens is 1. The molecule has 0 radical (unpaired) electrons. The number of rotatable bonds is 7. The maximum absolute atomic E-state index is 12.2. The van der Waals surface area contributed by atoms with E-state index in [4.69, 9.17) is 11.6 Å².